The van der Waals surface area contributed by atoms with E-state index >= 15 is 0 Å². The Hall–Kier alpha value is -3.31. The predicted molar refractivity (Wildman–Crippen MR) is 119 cm³/mol. The number of halogens is 1. The Morgan fingerprint density at radius 3 is 2.40 bits per heavy atom. The van der Waals surface area contributed by atoms with Gasteiger partial charge in [0.1, 0.15) is 0 Å². The molecule has 3 aromatic rings. The van der Waals surface area contributed by atoms with E-state index in [1.807, 2.05) is 48.5 Å². The molecule has 0 saturated heterocycles. The van der Waals surface area contributed by atoms with E-state index in [-0.39, 0.29) is 11.8 Å². The van der Waals surface area contributed by atoms with E-state index in [1.165, 1.54) is 4.90 Å². The second kappa shape index (κ2) is 6.61. The molecule has 0 aromatic heterocycles. The van der Waals surface area contributed by atoms with Gasteiger partial charge < -0.3 is 10.6 Å². The summed E-state index contributed by atoms with van der Waals surface area (Å²) >= 11 is 6.38. The number of benzene rings is 3. The maximum atomic E-state index is 13.7. The summed E-state index contributed by atoms with van der Waals surface area (Å²) in [5.41, 5.74) is 2.63. The summed E-state index contributed by atoms with van der Waals surface area (Å²) in [7, 11) is 0. The van der Waals surface area contributed by atoms with Crippen LogP contribution in [0.25, 0.3) is 0 Å². The van der Waals surface area contributed by atoms with Crippen molar-refractivity contribution < 1.29 is 9.59 Å². The largest absolute Gasteiger partial charge is 0.350 e. The molecule has 2 aliphatic heterocycles. The fourth-order valence-corrected chi connectivity index (χ4v) is 4.47. The maximum absolute atomic E-state index is 13.7. The number of para-hydroxylation sites is 2. The molecule has 5 nitrogen and oxygen atoms in total. The van der Waals surface area contributed by atoms with Gasteiger partial charge in [0.15, 0.2) is 0 Å². The molecule has 0 saturated carbocycles. The lowest BCUT2D eigenvalue weighted by atomic mass is 9.92. The number of nitrogens with zero attached hydrogens (tertiary/aromatic N) is 1. The topological polar surface area (TPSA) is 61.4 Å². The Balaban J connectivity index is 1.77. The van der Waals surface area contributed by atoms with Crippen LogP contribution in [0.4, 0.5) is 17.1 Å². The molecule has 1 atom stereocenters. The third-order valence-electron chi connectivity index (χ3n) is 5.80. The smallest absolute Gasteiger partial charge is 0.276 e. The number of rotatable bonds is 2. The first-order valence-electron chi connectivity index (χ1n) is 9.85. The fraction of sp³-hybridized carbons (Fsp3) is 0.167. The molecule has 0 aliphatic carbocycles. The minimum atomic E-state index is -1.43. The number of anilines is 3. The van der Waals surface area contributed by atoms with Gasteiger partial charge in [0, 0.05) is 16.9 Å². The van der Waals surface area contributed by atoms with Crippen LogP contribution in [-0.4, -0.2) is 11.8 Å². The zero-order valence-corrected chi connectivity index (χ0v) is 17.3. The van der Waals surface area contributed by atoms with E-state index in [2.05, 4.69) is 24.5 Å². The van der Waals surface area contributed by atoms with E-state index in [1.54, 1.807) is 18.2 Å². The van der Waals surface area contributed by atoms with Gasteiger partial charge in [-0.1, -0.05) is 61.8 Å². The summed E-state index contributed by atoms with van der Waals surface area (Å²) in [6.07, 6.45) is 0. The highest BCUT2D eigenvalue weighted by Crippen LogP contribution is 2.49. The monoisotopic (exact) mass is 417 g/mol. The summed E-state index contributed by atoms with van der Waals surface area (Å²) in [5, 5.41) is 6.67. The summed E-state index contributed by atoms with van der Waals surface area (Å²) in [4.78, 5) is 28.7. The number of amides is 2. The molecule has 2 aliphatic rings. The van der Waals surface area contributed by atoms with Crippen LogP contribution in [0.1, 0.15) is 41.3 Å². The average molecular weight is 418 g/mol. The lowest BCUT2D eigenvalue weighted by molar-refractivity contribution is -0.119. The minimum absolute atomic E-state index is 0.246. The van der Waals surface area contributed by atoms with Crippen molar-refractivity contribution in [2.75, 3.05) is 15.5 Å². The Morgan fingerprint density at radius 2 is 1.67 bits per heavy atom. The average Bonchev–Trinajstić information content (AvgIpc) is 3.02. The SMILES string of the molecule is CC(C)c1ccc(N2C(=O)c3ccccc3NC23C(=O)Nc2c(Cl)cccc23)cc1. The van der Waals surface area contributed by atoms with Crippen molar-refractivity contribution in [3.8, 4) is 0 Å². The third kappa shape index (κ3) is 2.48. The molecule has 150 valence electrons. The molecule has 30 heavy (non-hydrogen) atoms. The highest BCUT2D eigenvalue weighted by atomic mass is 35.5. The van der Waals surface area contributed by atoms with E-state index in [0.29, 0.717) is 39.1 Å². The highest BCUT2D eigenvalue weighted by Gasteiger charge is 2.57. The third-order valence-corrected chi connectivity index (χ3v) is 6.12. The molecule has 2 N–H and O–H groups in total. The van der Waals surface area contributed by atoms with Crippen molar-refractivity contribution >= 4 is 40.5 Å². The van der Waals surface area contributed by atoms with Crippen LogP contribution in [0.15, 0.2) is 66.7 Å². The van der Waals surface area contributed by atoms with Gasteiger partial charge in [0.05, 0.1) is 16.3 Å². The Labute approximate surface area is 179 Å². The second-order valence-corrected chi connectivity index (χ2v) is 8.29. The van der Waals surface area contributed by atoms with Crippen LogP contribution < -0.4 is 15.5 Å². The molecule has 0 radical (unpaired) electrons. The molecule has 0 fully saturated rings. The number of hydrogen-bond donors (Lipinski definition) is 2. The standard InChI is InChI=1S/C24H20ClN3O2/c1-14(2)15-10-12-16(13-11-15)28-22(29)17-6-3-4-9-20(17)27-24(28)18-7-5-8-19(25)21(18)26-23(24)30/h3-14,27H,1-2H3,(H,26,30). The van der Waals surface area contributed by atoms with E-state index < -0.39 is 5.66 Å². The number of nitrogens with one attached hydrogen (secondary N) is 2. The summed E-state index contributed by atoms with van der Waals surface area (Å²) in [6.45, 7) is 4.23. The molecular weight excluding hydrogens is 398 g/mol. The van der Waals surface area contributed by atoms with Gasteiger partial charge in [-0.25, -0.2) is 0 Å². The normalized spacial score (nSPS) is 19.5. The number of carbonyl (C=O) groups is 2. The Bertz CT molecular complexity index is 1190. The first-order valence-corrected chi connectivity index (χ1v) is 10.2. The molecule has 2 heterocycles. The van der Waals surface area contributed by atoms with Gasteiger partial charge in [-0.2, -0.15) is 0 Å². The van der Waals surface area contributed by atoms with Crippen molar-refractivity contribution in [1.82, 2.24) is 0 Å². The second-order valence-electron chi connectivity index (χ2n) is 7.88. The zero-order valence-electron chi connectivity index (χ0n) is 16.6. The quantitative estimate of drug-likeness (QED) is 0.591. The summed E-state index contributed by atoms with van der Waals surface area (Å²) in [5.74, 6) is -0.232. The van der Waals surface area contributed by atoms with E-state index in [4.69, 9.17) is 11.6 Å². The fourth-order valence-electron chi connectivity index (χ4n) is 4.25. The lowest BCUT2D eigenvalue weighted by Crippen LogP contribution is -2.61. The number of hydrogen-bond acceptors (Lipinski definition) is 3. The molecular formula is C24H20ClN3O2. The molecule has 2 amide bonds. The zero-order chi connectivity index (χ0) is 21.0. The predicted octanol–water partition coefficient (Wildman–Crippen LogP) is 5.34. The molecule has 0 bridgehead atoms. The molecule has 1 spiro atoms. The van der Waals surface area contributed by atoms with Crippen molar-refractivity contribution in [3.05, 3.63) is 88.4 Å². The van der Waals surface area contributed by atoms with E-state index in [9.17, 15) is 9.59 Å². The van der Waals surface area contributed by atoms with Crippen LogP contribution in [0.2, 0.25) is 5.02 Å². The minimum Gasteiger partial charge on any atom is -0.350 e. The number of carbonyl (C=O) groups excluding carboxylic acids is 2. The van der Waals surface area contributed by atoms with Gasteiger partial charge in [0.2, 0.25) is 5.66 Å². The summed E-state index contributed by atoms with van der Waals surface area (Å²) in [6, 6.07) is 20.3. The molecule has 3 aromatic carbocycles. The van der Waals surface area contributed by atoms with Crippen molar-refractivity contribution in [2.45, 2.75) is 25.4 Å². The van der Waals surface area contributed by atoms with Crippen molar-refractivity contribution in [1.29, 1.82) is 0 Å². The Kier molecular flexibility index (Phi) is 4.12. The van der Waals surface area contributed by atoms with Gasteiger partial charge in [-0.05, 0) is 41.8 Å². The maximum Gasteiger partial charge on any atom is 0.276 e. The van der Waals surface area contributed by atoms with Gasteiger partial charge in [-0.15, -0.1) is 0 Å². The van der Waals surface area contributed by atoms with E-state index in [0.717, 1.165) is 5.56 Å². The van der Waals surface area contributed by atoms with Gasteiger partial charge in [0.25, 0.3) is 11.8 Å². The van der Waals surface area contributed by atoms with Crippen LogP contribution in [0, 0.1) is 0 Å². The number of fused-ring (bicyclic) bond motifs is 3. The van der Waals surface area contributed by atoms with Crippen molar-refractivity contribution in [2.24, 2.45) is 0 Å². The van der Waals surface area contributed by atoms with Crippen LogP contribution >= 0.6 is 11.6 Å². The molecule has 1 unspecified atom stereocenters. The van der Waals surface area contributed by atoms with Crippen LogP contribution in [-0.2, 0) is 10.5 Å². The van der Waals surface area contributed by atoms with Crippen molar-refractivity contribution in [3.63, 3.8) is 0 Å². The molecule has 5 rings (SSSR count). The van der Waals surface area contributed by atoms with Gasteiger partial charge >= 0.3 is 0 Å². The Morgan fingerprint density at radius 1 is 0.933 bits per heavy atom. The highest BCUT2D eigenvalue weighted by molar-refractivity contribution is 6.35. The van der Waals surface area contributed by atoms with Crippen LogP contribution in [0.5, 0.6) is 0 Å². The first-order chi connectivity index (χ1) is 14.4. The summed E-state index contributed by atoms with van der Waals surface area (Å²) < 4.78 is 0. The van der Waals surface area contributed by atoms with Gasteiger partial charge in [-0.3, -0.25) is 14.5 Å². The first kappa shape index (κ1) is 18.7. The van der Waals surface area contributed by atoms with Crippen LogP contribution in [0.3, 0.4) is 0 Å². The molecule has 6 heteroatoms. The lowest BCUT2D eigenvalue weighted by Gasteiger charge is -2.44.